The van der Waals surface area contributed by atoms with Crippen LogP contribution >= 0.6 is 0 Å². The van der Waals surface area contributed by atoms with E-state index in [1.54, 1.807) is 0 Å². The normalized spacial score (nSPS) is 15.8. The van der Waals surface area contributed by atoms with Gasteiger partial charge in [-0.25, -0.2) is 8.60 Å². The maximum absolute atomic E-state index is 13.6. The van der Waals surface area contributed by atoms with Gasteiger partial charge in [-0.05, 0) is 42.2 Å². The molecule has 0 amide bonds. The van der Waals surface area contributed by atoms with Gasteiger partial charge < -0.3 is 15.9 Å². The minimum atomic E-state index is -4.67. The van der Waals surface area contributed by atoms with Crippen LogP contribution in [0.2, 0.25) is 0 Å². The maximum Gasteiger partial charge on any atom is 0.395 e. The molecule has 0 heterocycles. The minimum Gasteiger partial charge on any atom is -0.507 e. The number of aromatic hydroxyl groups is 1. The zero-order chi connectivity index (χ0) is 23.4. The van der Waals surface area contributed by atoms with Gasteiger partial charge in [0.15, 0.2) is 0 Å². The van der Waals surface area contributed by atoms with Crippen molar-refractivity contribution in [3.05, 3.63) is 53.8 Å². The molecule has 31 heavy (non-hydrogen) atoms. The fourth-order valence-electron chi connectivity index (χ4n) is 3.00. The number of nitrogens with two attached hydrogens (primary N) is 1. The molecular weight excluding hydrogens is 440 g/mol. The molecule has 2 aromatic carbocycles. The zero-order valence-electron chi connectivity index (χ0n) is 16.2. The molecule has 170 valence electrons. The molecule has 2 rings (SSSR count). The van der Waals surface area contributed by atoms with E-state index in [0.29, 0.717) is 5.56 Å². The number of phenolic OH excluding ortho intramolecular Hbond substituents is 1. The molecule has 0 spiro atoms. The summed E-state index contributed by atoms with van der Waals surface area (Å²) in [4.78, 5) is 10.7. The predicted molar refractivity (Wildman–Crippen MR) is 108 cm³/mol. The molecule has 0 aliphatic heterocycles. The smallest absolute Gasteiger partial charge is 0.395 e. The second kappa shape index (κ2) is 9.65. The predicted octanol–water partition coefficient (Wildman–Crippen LogP) is 4.08. The largest absolute Gasteiger partial charge is 0.507 e. The summed E-state index contributed by atoms with van der Waals surface area (Å²) >= 11 is 0. The summed E-state index contributed by atoms with van der Waals surface area (Å²) in [6, 6.07) is 6.90. The van der Waals surface area contributed by atoms with E-state index in [9.17, 15) is 31.7 Å². The van der Waals surface area contributed by atoms with Crippen molar-refractivity contribution < 1.29 is 36.8 Å². The van der Waals surface area contributed by atoms with Crippen LogP contribution < -0.4 is 5.73 Å². The Morgan fingerprint density at radius 3 is 2.23 bits per heavy atom. The number of hydrogen-bond acceptors (Lipinski definition) is 5. The summed E-state index contributed by atoms with van der Waals surface area (Å²) in [6.07, 6.45) is -5.58. The molecule has 0 saturated heterocycles. The Labute approximate surface area is 176 Å². The van der Waals surface area contributed by atoms with Gasteiger partial charge in [-0.15, -0.1) is 0 Å². The molecule has 2 unspecified atom stereocenters. The Balaban J connectivity index is 2.18. The molecule has 3 atom stereocenters. The molecule has 0 aliphatic rings. The van der Waals surface area contributed by atoms with Crippen molar-refractivity contribution in [1.29, 1.82) is 4.78 Å². The van der Waals surface area contributed by atoms with Crippen LogP contribution in [0.3, 0.4) is 0 Å². The number of carbonyl (C=O) groups is 1. The molecule has 6 nitrogen and oxygen atoms in total. The molecule has 0 fully saturated rings. The average molecular weight is 462 g/mol. The molecule has 0 bridgehead atoms. The summed E-state index contributed by atoms with van der Waals surface area (Å²) in [7, 11) is -3.45. The van der Waals surface area contributed by atoms with Crippen LogP contribution in [0.1, 0.15) is 24.3 Å². The fraction of sp³-hybridized carbons (Fsp3) is 0.350. The second-order valence-electron chi connectivity index (χ2n) is 7.12. The lowest BCUT2D eigenvalue weighted by atomic mass is 9.93. The van der Waals surface area contributed by atoms with Gasteiger partial charge in [0, 0.05) is 26.8 Å². The highest BCUT2D eigenvalue weighted by Gasteiger charge is 2.40. The third-order valence-corrected chi connectivity index (χ3v) is 6.58. The molecule has 0 saturated carbocycles. The van der Waals surface area contributed by atoms with Crippen LogP contribution in [0.4, 0.5) is 17.6 Å². The highest BCUT2D eigenvalue weighted by Crippen LogP contribution is 2.39. The van der Waals surface area contributed by atoms with Crippen LogP contribution in [0, 0.1) is 10.6 Å². The highest BCUT2D eigenvalue weighted by atomic mass is 32.2. The Morgan fingerprint density at radius 1 is 1.10 bits per heavy atom. The lowest BCUT2D eigenvalue weighted by Gasteiger charge is -2.22. The first-order valence-electron chi connectivity index (χ1n) is 9.18. The number of carboxylic acids is 1. The number of phenols is 1. The van der Waals surface area contributed by atoms with E-state index < -0.39 is 57.6 Å². The molecule has 0 aromatic heterocycles. The number of nitrogens with one attached hydrogen (secondary N) is 1. The third-order valence-electron chi connectivity index (χ3n) is 4.79. The van der Waals surface area contributed by atoms with Gasteiger partial charge in [-0.2, -0.15) is 13.2 Å². The standard InChI is InChI=1S/C20H22F4N2O4S/c21-14-5-6-18(27)15(11-14)12-1-3-13(4-2-12)16(20(22,23)24)7-9-31(26,30)10-8-17(25)19(28)29/h1-6,11,16-17,26-27H,7-10,25H2,(H,28,29)/t16?,17-,31?/m0/s1. The Bertz CT molecular complexity index is 1020. The van der Waals surface area contributed by atoms with Gasteiger partial charge in [0.2, 0.25) is 0 Å². The van der Waals surface area contributed by atoms with Crippen LogP contribution in [0.5, 0.6) is 5.75 Å². The second-order valence-corrected chi connectivity index (χ2v) is 9.56. The Morgan fingerprint density at radius 2 is 1.68 bits per heavy atom. The molecule has 11 heteroatoms. The van der Waals surface area contributed by atoms with Gasteiger partial charge in [0.05, 0.1) is 5.92 Å². The van der Waals surface area contributed by atoms with E-state index in [4.69, 9.17) is 15.6 Å². The van der Waals surface area contributed by atoms with Crippen LogP contribution in [0.15, 0.2) is 42.5 Å². The van der Waals surface area contributed by atoms with Crippen molar-refractivity contribution in [3.63, 3.8) is 0 Å². The van der Waals surface area contributed by atoms with Crippen molar-refractivity contribution in [2.45, 2.75) is 31.0 Å². The summed E-state index contributed by atoms with van der Waals surface area (Å²) in [5, 5.41) is 18.6. The lowest BCUT2D eigenvalue weighted by Crippen LogP contribution is -2.32. The monoisotopic (exact) mass is 462 g/mol. The van der Waals surface area contributed by atoms with Crippen molar-refractivity contribution in [2.75, 3.05) is 11.5 Å². The molecule has 0 radical (unpaired) electrons. The zero-order valence-corrected chi connectivity index (χ0v) is 17.0. The van der Waals surface area contributed by atoms with Crippen molar-refractivity contribution in [3.8, 4) is 16.9 Å². The highest BCUT2D eigenvalue weighted by molar-refractivity contribution is 7.92. The Hall–Kier alpha value is -2.66. The van der Waals surface area contributed by atoms with Gasteiger partial charge in [0.1, 0.15) is 17.6 Å². The molecular formula is C20H22F4N2O4S. The minimum absolute atomic E-state index is 0.124. The van der Waals surface area contributed by atoms with E-state index in [-0.39, 0.29) is 23.3 Å². The topological polar surface area (TPSA) is 124 Å². The molecule has 2 aromatic rings. The number of hydrogen-bond donors (Lipinski definition) is 4. The number of benzene rings is 2. The van der Waals surface area contributed by atoms with E-state index in [1.807, 2.05) is 0 Å². The third kappa shape index (κ3) is 6.93. The van der Waals surface area contributed by atoms with Crippen LogP contribution in [-0.4, -0.2) is 44.1 Å². The van der Waals surface area contributed by atoms with Gasteiger partial charge in [0.25, 0.3) is 0 Å². The number of alkyl halides is 3. The first-order chi connectivity index (χ1) is 14.3. The summed E-state index contributed by atoms with van der Waals surface area (Å²) in [5.41, 5.74) is 5.60. The lowest BCUT2D eigenvalue weighted by molar-refractivity contribution is -0.150. The average Bonchev–Trinajstić information content (AvgIpc) is 2.67. The van der Waals surface area contributed by atoms with E-state index in [2.05, 4.69) is 0 Å². The quantitative estimate of drug-likeness (QED) is 0.418. The fourth-order valence-corrected chi connectivity index (χ4v) is 4.46. The van der Waals surface area contributed by atoms with Gasteiger partial charge >= 0.3 is 12.1 Å². The maximum atomic E-state index is 13.6. The van der Waals surface area contributed by atoms with E-state index >= 15 is 0 Å². The summed E-state index contributed by atoms with van der Waals surface area (Å²) in [6.45, 7) is 0. The number of rotatable bonds is 9. The van der Waals surface area contributed by atoms with Gasteiger partial charge in [-0.3, -0.25) is 9.57 Å². The van der Waals surface area contributed by atoms with Crippen LogP contribution in [-0.2, 0) is 14.5 Å². The molecule has 5 N–H and O–H groups in total. The number of carboxylic acid groups (broad SMARTS) is 1. The first-order valence-corrected chi connectivity index (χ1v) is 11.1. The number of halogens is 4. The van der Waals surface area contributed by atoms with Crippen molar-refractivity contribution in [2.24, 2.45) is 5.73 Å². The molecule has 0 aliphatic carbocycles. The van der Waals surface area contributed by atoms with Crippen molar-refractivity contribution >= 4 is 15.7 Å². The van der Waals surface area contributed by atoms with Crippen molar-refractivity contribution in [1.82, 2.24) is 0 Å². The summed E-state index contributed by atoms with van der Waals surface area (Å²) < 4.78 is 74.3. The van der Waals surface area contributed by atoms with E-state index in [1.165, 1.54) is 24.3 Å². The van der Waals surface area contributed by atoms with E-state index in [0.717, 1.165) is 18.2 Å². The van der Waals surface area contributed by atoms with Gasteiger partial charge in [-0.1, -0.05) is 24.3 Å². The summed E-state index contributed by atoms with van der Waals surface area (Å²) in [5.74, 6) is -5.17. The SMILES string of the molecule is N=S(=O)(CCC(c1ccc(-c2cc(F)ccc2O)cc1)C(F)(F)F)CC[C@H](N)C(=O)O. The Kier molecular flexibility index (Phi) is 7.66. The first kappa shape index (κ1) is 24.6. The van der Waals surface area contributed by atoms with Crippen LogP contribution in [0.25, 0.3) is 11.1 Å². The number of aliphatic carboxylic acids is 1.